The molecule has 0 saturated carbocycles. The summed E-state index contributed by atoms with van der Waals surface area (Å²) in [6.45, 7) is 5.87. The standard InChI is InChI=1S/C18H22N2O3.ClH/c1-10(2)15(19)18(23)20-9-8-12-11(3)16(21)13-6-4-5-7-14(13)17(12)22;/h4-7,10,15H,8-9,19H2,1-3H3,(H,20,23);1H. The van der Waals surface area contributed by atoms with Gasteiger partial charge in [0.15, 0.2) is 17.6 Å². The number of hydrogen-bond acceptors (Lipinski definition) is 3. The van der Waals surface area contributed by atoms with Crippen LogP contribution in [0.25, 0.3) is 0 Å². The maximum absolute atomic E-state index is 12.6. The van der Waals surface area contributed by atoms with Gasteiger partial charge >= 0.3 is 0 Å². The van der Waals surface area contributed by atoms with Crippen molar-refractivity contribution < 1.29 is 32.5 Å². The molecule has 0 saturated heterocycles. The zero-order chi connectivity index (χ0) is 17.1. The third kappa shape index (κ3) is 3.91. The molecule has 5 nitrogen and oxygen atoms in total. The van der Waals surface area contributed by atoms with E-state index in [1.165, 1.54) is 0 Å². The molecule has 0 radical (unpaired) electrons. The Hall–Kier alpha value is -1.98. The Morgan fingerprint density at radius 3 is 2.21 bits per heavy atom. The first-order valence-corrected chi connectivity index (χ1v) is 7.83. The largest absolute Gasteiger partial charge is 1.00 e. The van der Waals surface area contributed by atoms with Crippen LogP contribution in [0.5, 0.6) is 0 Å². The van der Waals surface area contributed by atoms with Crippen molar-refractivity contribution in [2.45, 2.75) is 33.2 Å². The van der Waals surface area contributed by atoms with E-state index in [9.17, 15) is 14.4 Å². The molecule has 24 heavy (non-hydrogen) atoms. The lowest BCUT2D eigenvalue weighted by Crippen LogP contribution is -3.00. The number of hydrogen-bond donors (Lipinski definition) is 2. The maximum Gasteiger partial charge on any atom is 0.278 e. The molecule has 1 aromatic carbocycles. The number of nitrogens with one attached hydrogen (secondary N) is 1. The summed E-state index contributed by atoms with van der Waals surface area (Å²) in [6.07, 6.45) is 0.349. The molecule has 2 rings (SSSR count). The van der Waals surface area contributed by atoms with Crippen LogP contribution >= 0.6 is 0 Å². The Labute approximate surface area is 148 Å². The number of benzene rings is 1. The zero-order valence-corrected chi connectivity index (χ0v) is 14.9. The van der Waals surface area contributed by atoms with Crippen LogP contribution in [0.15, 0.2) is 35.4 Å². The average Bonchev–Trinajstić information content (AvgIpc) is 2.54. The molecule has 0 aliphatic heterocycles. The van der Waals surface area contributed by atoms with Gasteiger partial charge in [-0.3, -0.25) is 14.4 Å². The fourth-order valence-electron chi connectivity index (χ4n) is 2.60. The lowest BCUT2D eigenvalue weighted by molar-refractivity contribution is -0.414. The summed E-state index contributed by atoms with van der Waals surface area (Å²) in [6, 6.07) is 6.52. The lowest BCUT2D eigenvalue weighted by Gasteiger charge is -2.19. The van der Waals surface area contributed by atoms with Crippen molar-refractivity contribution in [3.63, 3.8) is 0 Å². The van der Waals surface area contributed by atoms with Gasteiger partial charge in [0.2, 0.25) is 0 Å². The minimum absolute atomic E-state index is 0. The summed E-state index contributed by atoms with van der Waals surface area (Å²) in [4.78, 5) is 36.8. The van der Waals surface area contributed by atoms with Gasteiger partial charge in [-0.2, -0.15) is 0 Å². The molecule has 1 unspecified atom stereocenters. The van der Waals surface area contributed by atoms with Crippen molar-refractivity contribution in [3.05, 3.63) is 46.5 Å². The maximum atomic E-state index is 12.6. The molecule has 0 aromatic heterocycles. The van der Waals surface area contributed by atoms with E-state index in [0.717, 1.165) is 0 Å². The summed E-state index contributed by atoms with van der Waals surface area (Å²) in [7, 11) is 0. The van der Waals surface area contributed by atoms with E-state index >= 15 is 0 Å². The summed E-state index contributed by atoms with van der Waals surface area (Å²) in [5, 5.41) is 2.79. The molecule has 1 atom stereocenters. The monoisotopic (exact) mass is 350 g/mol. The number of ketones is 2. The average molecular weight is 351 g/mol. The number of quaternary nitrogens is 1. The minimum Gasteiger partial charge on any atom is -1.00 e. The molecule has 1 aromatic rings. The number of carbonyl (C=O) groups is 3. The van der Waals surface area contributed by atoms with Gasteiger partial charge in [0.1, 0.15) is 0 Å². The highest BCUT2D eigenvalue weighted by atomic mass is 35.5. The summed E-state index contributed by atoms with van der Waals surface area (Å²) < 4.78 is 0. The Bertz CT molecular complexity index is 695. The van der Waals surface area contributed by atoms with Gasteiger partial charge in [0.05, 0.1) is 0 Å². The van der Waals surface area contributed by atoms with E-state index in [1.807, 2.05) is 13.8 Å². The van der Waals surface area contributed by atoms with E-state index in [2.05, 4.69) is 11.1 Å². The molecular formula is C18H23ClN2O3. The van der Waals surface area contributed by atoms with E-state index in [4.69, 9.17) is 0 Å². The molecule has 4 N–H and O–H groups in total. The SMILES string of the molecule is CC1=C(CCNC(=O)C([NH3+])C(C)C)C(=O)c2ccccc2C1=O.[Cl-]. The highest BCUT2D eigenvalue weighted by Crippen LogP contribution is 2.27. The minimum atomic E-state index is -0.325. The molecular weight excluding hydrogens is 328 g/mol. The van der Waals surface area contributed by atoms with E-state index in [-0.39, 0.29) is 41.8 Å². The Balaban J connectivity index is 0.00000288. The third-order valence-corrected chi connectivity index (χ3v) is 4.30. The predicted molar refractivity (Wildman–Crippen MR) is 86.9 cm³/mol. The Kier molecular flexibility index (Phi) is 6.87. The van der Waals surface area contributed by atoms with Crippen molar-refractivity contribution in [1.82, 2.24) is 5.32 Å². The fraction of sp³-hybridized carbons (Fsp3) is 0.389. The quantitative estimate of drug-likeness (QED) is 0.653. The van der Waals surface area contributed by atoms with Crippen LogP contribution in [0, 0.1) is 5.92 Å². The number of fused-ring (bicyclic) bond motifs is 1. The van der Waals surface area contributed by atoms with Gasteiger partial charge < -0.3 is 23.5 Å². The van der Waals surface area contributed by atoms with Crippen molar-refractivity contribution in [2.24, 2.45) is 5.92 Å². The van der Waals surface area contributed by atoms with E-state index in [1.54, 1.807) is 31.2 Å². The topological polar surface area (TPSA) is 90.9 Å². The van der Waals surface area contributed by atoms with Crippen molar-refractivity contribution in [1.29, 1.82) is 0 Å². The molecule has 0 fully saturated rings. The van der Waals surface area contributed by atoms with E-state index in [0.29, 0.717) is 35.2 Å². The van der Waals surface area contributed by atoms with Gasteiger partial charge in [-0.15, -0.1) is 0 Å². The number of halogens is 1. The summed E-state index contributed by atoms with van der Waals surface area (Å²) >= 11 is 0. The first kappa shape index (κ1) is 20.1. The predicted octanol–water partition coefficient (Wildman–Crippen LogP) is -1.84. The number of Topliss-reactive ketones (excluding diaryl/α,β-unsaturated/α-hetero) is 2. The first-order chi connectivity index (χ1) is 10.8. The fourth-order valence-corrected chi connectivity index (χ4v) is 2.60. The zero-order valence-electron chi connectivity index (χ0n) is 14.2. The van der Waals surface area contributed by atoms with Crippen LogP contribution in [0.4, 0.5) is 0 Å². The van der Waals surface area contributed by atoms with Crippen LogP contribution in [0.1, 0.15) is 47.9 Å². The molecule has 130 valence electrons. The highest BCUT2D eigenvalue weighted by Gasteiger charge is 2.29. The van der Waals surface area contributed by atoms with Gasteiger partial charge in [-0.05, 0) is 13.3 Å². The van der Waals surface area contributed by atoms with Crippen LogP contribution in [-0.4, -0.2) is 30.1 Å². The van der Waals surface area contributed by atoms with Gasteiger partial charge in [0, 0.05) is 34.7 Å². The second-order valence-electron chi connectivity index (χ2n) is 6.20. The third-order valence-electron chi connectivity index (χ3n) is 4.30. The molecule has 0 spiro atoms. The van der Waals surface area contributed by atoms with E-state index < -0.39 is 0 Å². The Morgan fingerprint density at radius 1 is 1.12 bits per heavy atom. The molecule has 1 aliphatic rings. The molecule has 1 aliphatic carbocycles. The van der Waals surface area contributed by atoms with Gasteiger partial charge in [-0.25, -0.2) is 0 Å². The Morgan fingerprint density at radius 2 is 1.67 bits per heavy atom. The summed E-state index contributed by atoms with van der Waals surface area (Å²) in [5.41, 5.74) is 5.69. The van der Waals surface area contributed by atoms with Crippen molar-refractivity contribution >= 4 is 17.5 Å². The smallest absolute Gasteiger partial charge is 0.278 e. The second-order valence-corrected chi connectivity index (χ2v) is 6.20. The van der Waals surface area contributed by atoms with Crippen LogP contribution in [0.3, 0.4) is 0 Å². The van der Waals surface area contributed by atoms with Gasteiger partial charge in [-0.1, -0.05) is 38.1 Å². The van der Waals surface area contributed by atoms with Gasteiger partial charge in [0.25, 0.3) is 5.91 Å². The van der Waals surface area contributed by atoms with Crippen molar-refractivity contribution in [3.8, 4) is 0 Å². The number of rotatable bonds is 5. The van der Waals surface area contributed by atoms with Crippen LogP contribution in [-0.2, 0) is 4.79 Å². The number of carbonyl (C=O) groups excluding carboxylic acids is 3. The molecule has 6 heteroatoms. The molecule has 1 amide bonds. The molecule has 0 heterocycles. The van der Waals surface area contributed by atoms with Crippen LogP contribution in [0.2, 0.25) is 0 Å². The van der Waals surface area contributed by atoms with Crippen LogP contribution < -0.4 is 23.5 Å². The highest BCUT2D eigenvalue weighted by molar-refractivity contribution is 6.26. The number of allylic oxidation sites excluding steroid dienone is 1. The first-order valence-electron chi connectivity index (χ1n) is 7.83. The van der Waals surface area contributed by atoms with Crippen molar-refractivity contribution in [2.75, 3.05) is 6.54 Å². The lowest BCUT2D eigenvalue weighted by atomic mass is 9.83. The summed E-state index contributed by atoms with van der Waals surface area (Å²) in [5.74, 6) is -0.213. The molecule has 0 bridgehead atoms. The normalized spacial score (nSPS) is 15.0. The second kappa shape index (κ2) is 8.22. The number of amides is 1.